The lowest BCUT2D eigenvalue weighted by Crippen LogP contribution is -2.32. The molecule has 2 amide bonds. The number of nitrogens with two attached hydrogens (primary N) is 1. The van der Waals surface area contributed by atoms with Crippen LogP contribution in [0, 0.1) is 0 Å². The van der Waals surface area contributed by atoms with Crippen molar-refractivity contribution in [3.8, 4) is 0 Å². The fourth-order valence-electron chi connectivity index (χ4n) is 1.06. The average molecular weight is 237 g/mol. The number of nitrogens with one attached hydrogen (secondary N) is 2. The van der Waals surface area contributed by atoms with Crippen LogP contribution in [0.5, 0.6) is 0 Å². The molecule has 0 aliphatic heterocycles. The number of hydrogen-bond acceptors (Lipinski definition) is 4. The van der Waals surface area contributed by atoms with Crippen LogP contribution in [0.4, 0.5) is 16.2 Å². The van der Waals surface area contributed by atoms with Gasteiger partial charge in [-0.15, -0.1) is 0 Å². The van der Waals surface area contributed by atoms with Crippen molar-refractivity contribution in [2.24, 2.45) is 5.73 Å². The quantitative estimate of drug-likeness (QED) is 0.735. The van der Waals surface area contributed by atoms with E-state index in [1.54, 1.807) is 31.2 Å². The summed E-state index contributed by atoms with van der Waals surface area (Å²) in [6.45, 7) is 1.60. The maximum Gasteiger partial charge on any atom is 0.411 e. The van der Waals surface area contributed by atoms with Crippen LogP contribution in [0.3, 0.4) is 0 Å². The summed E-state index contributed by atoms with van der Waals surface area (Å²) in [5.41, 5.74) is 6.60. The molecule has 1 aromatic rings. The molecule has 92 valence electrons. The molecule has 6 heteroatoms. The van der Waals surface area contributed by atoms with Gasteiger partial charge in [0.25, 0.3) is 0 Å². The van der Waals surface area contributed by atoms with Crippen LogP contribution in [-0.2, 0) is 9.53 Å². The minimum Gasteiger partial charge on any atom is -0.453 e. The highest BCUT2D eigenvalue weighted by molar-refractivity contribution is 5.94. The zero-order valence-corrected chi connectivity index (χ0v) is 9.69. The molecule has 0 aliphatic carbocycles. The first-order valence-corrected chi connectivity index (χ1v) is 5.04. The maximum absolute atomic E-state index is 11.3. The predicted octanol–water partition coefficient (Wildman–Crippen LogP) is 1.15. The Hall–Kier alpha value is -2.08. The normalized spacial score (nSPS) is 11.5. The molecule has 0 bridgehead atoms. The molecule has 0 radical (unpaired) electrons. The van der Waals surface area contributed by atoms with Crippen molar-refractivity contribution >= 4 is 23.4 Å². The van der Waals surface area contributed by atoms with Crippen molar-refractivity contribution in [1.82, 2.24) is 0 Å². The second kappa shape index (κ2) is 5.86. The lowest BCUT2D eigenvalue weighted by molar-refractivity contribution is -0.117. The first-order chi connectivity index (χ1) is 8.02. The SMILES string of the molecule is COC(=O)Nc1ccc(NC(=O)[C@H](C)N)cc1. The van der Waals surface area contributed by atoms with Gasteiger partial charge in [0.15, 0.2) is 0 Å². The molecule has 1 atom stereocenters. The molecule has 4 N–H and O–H groups in total. The Bertz CT molecular complexity index is 401. The predicted molar refractivity (Wildman–Crippen MR) is 64.7 cm³/mol. The number of hydrogen-bond donors (Lipinski definition) is 3. The molecular formula is C11H15N3O3. The van der Waals surface area contributed by atoms with E-state index in [2.05, 4.69) is 15.4 Å². The summed E-state index contributed by atoms with van der Waals surface area (Å²) in [6, 6.07) is 6.04. The first-order valence-electron chi connectivity index (χ1n) is 5.04. The minimum absolute atomic E-state index is 0.265. The van der Waals surface area contributed by atoms with E-state index in [0.29, 0.717) is 11.4 Å². The lowest BCUT2D eigenvalue weighted by Gasteiger charge is -2.08. The molecule has 1 rings (SSSR count). The molecule has 0 saturated heterocycles. The van der Waals surface area contributed by atoms with Gasteiger partial charge in [-0.25, -0.2) is 4.79 Å². The Morgan fingerprint density at radius 3 is 2.06 bits per heavy atom. The number of carbonyl (C=O) groups is 2. The Morgan fingerprint density at radius 1 is 1.18 bits per heavy atom. The van der Waals surface area contributed by atoms with Crippen molar-refractivity contribution in [2.75, 3.05) is 17.7 Å². The summed E-state index contributed by atoms with van der Waals surface area (Å²) in [5, 5.41) is 5.12. The van der Waals surface area contributed by atoms with Crippen LogP contribution in [0.1, 0.15) is 6.92 Å². The fraction of sp³-hybridized carbons (Fsp3) is 0.273. The van der Waals surface area contributed by atoms with Gasteiger partial charge in [-0.05, 0) is 31.2 Å². The standard InChI is InChI=1S/C11H15N3O3/c1-7(12)10(15)13-8-3-5-9(6-4-8)14-11(16)17-2/h3-7H,12H2,1-2H3,(H,13,15)(H,14,16)/t7-/m0/s1. The maximum atomic E-state index is 11.3. The van der Waals surface area contributed by atoms with Gasteiger partial charge in [0.2, 0.25) is 5.91 Å². The van der Waals surface area contributed by atoms with Crippen molar-refractivity contribution in [1.29, 1.82) is 0 Å². The Labute approximate surface area is 99.1 Å². The molecule has 17 heavy (non-hydrogen) atoms. The molecule has 0 unspecified atom stereocenters. The van der Waals surface area contributed by atoms with Crippen LogP contribution >= 0.6 is 0 Å². The number of anilines is 2. The first kappa shape index (κ1) is 13.0. The lowest BCUT2D eigenvalue weighted by atomic mass is 10.2. The molecule has 0 aliphatic rings. The molecule has 6 nitrogen and oxygen atoms in total. The van der Waals surface area contributed by atoms with E-state index in [1.807, 2.05) is 0 Å². The van der Waals surface area contributed by atoms with E-state index in [1.165, 1.54) is 7.11 Å². The van der Waals surface area contributed by atoms with Gasteiger partial charge in [0.1, 0.15) is 0 Å². The van der Waals surface area contributed by atoms with Gasteiger partial charge in [-0.1, -0.05) is 0 Å². The Kier molecular flexibility index (Phi) is 4.47. The molecule has 0 fully saturated rings. The number of rotatable bonds is 3. The highest BCUT2D eigenvalue weighted by Crippen LogP contribution is 2.13. The van der Waals surface area contributed by atoms with Crippen LogP contribution in [0.15, 0.2) is 24.3 Å². The topological polar surface area (TPSA) is 93.5 Å². The van der Waals surface area contributed by atoms with E-state index in [4.69, 9.17) is 5.73 Å². The zero-order valence-electron chi connectivity index (χ0n) is 9.69. The van der Waals surface area contributed by atoms with Crippen molar-refractivity contribution in [3.63, 3.8) is 0 Å². The smallest absolute Gasteiger partial charge is 0.411 e. The monoisotopic (exact) mass is 237 g/mol. The van der Waals surface area contributed by atoms with E-state index in [0.717, 1.165) is 0 Å². The van der Waals surface area contributed by atoms with Gasteiger partial charge >= 0.3 is 6.09 Å². The summed E-state index contributed by atoms with van der Waals surface area (Å²) >= 11 is 0. The number of carbonyl (C=O) groups excluding carboxylic acids is 2. The summed E-state index contributed by atoms with van der Waals surface area (Å²) < 4.78 is 4.44. The molecule has 0 heterocycles. The van der Waals surface area contributed by atoms with E-state index >= 15 is 0 Å². The number of amides is 2. The Morgan fingerprint density at radius 2 is 1.65 bits per heavy atom. The third-order valence-electron chi connectivity index (χ3n) is 2.00. The third kappa shape index (κ3) is 4.12. The third-order valence-corrected chi connectivity index (χ3v) is 2.00. The van der Waals surface area contributed by atoms with Gasteiger partial charge in [0.05, 0.1) is 13.2 Å². The second-order valence-corrected chi connectivity index (χ2v) is 3.47. The molecule has 1 aromatic carbocycles. The molecular weight excluding hydrogens is 222 g/mol. The van der Waals surface area contributed by atoms with Gasteiger partial charge < -0.3 is 15.8 Å². The highest BCUT2D eigenvalue weighted by atomic mass is 16.5. The minimum atomic E-state index is -0.567. The molecule has 0 saturated carbocycles. The van der Waals surface area contributed by atoms with Crippen LogP contribution in [0.25, 0.3) is 0 Å². The average Bonchev–Trinajstić information content (AvgIpc) is 2.31. The number of benzene rings is 1. The summed E-state index contributed by atoms with van der Waals surface area (Å²) in [4.78, 5) is 22.2. The van der Waals surface area contributed by atoms with E-state index in [-0.39, 0.29) is 5.91 Å². The fourth-order valence-corrected chi connectivity index (χ4v) is 1.06. The summed E-state index contributed by atoms with van der Waals surface area (Å²) in [6.07, 6.45) is -0.544. The Balaban J connectivity index is 2.62. The van der Waals surface area contributed by atoms with Crippen molar-refractivity contribution in [2.45, 2.75) is 13.0 Å². The largest absolute Gasteiger partial charge is 0.453 e. The van der Waals surface area contributed by atoms with Crippen molar-refractivity contribution in [3.05, 3.63) is 24.3 Å². The molecule has 0 spiro atoms. The van der Waals surface area contributed by atoms with E-state index < -0.39 is 12.1 Å². The zero-order chi connectivity index (χ0) is 12.8. The number of methoxy groups -OCH3 is 1. The van der Waals surface area contributed by atoms with Crippen LogP contribution in [0.2, 0.25) is 0 Å². The van der Waals surface area contributed by atoms with Crippen molar-refractivity contribution < 1.29 is 14.3 Å². The second-order valence-electron chi connectivity index (χ2n) is 3.47. The van der Waals surface area contributed by atoms with Gasteiger partial charge in [-0.2, -0.15) is 0 Å². The summed E-state index contributed by atoms with van der Waals surface area (Å²) in [7, 11) is 1.28. The van der Waals surface area contributed by atoms with Gasteiger partial charge in [0, 0.05) is 11.4 Å². The van der Waals surface area contributed by atoms with Gasteiger partial charge in [-0.3, -0.25) is 10.1 Å². The summed E-state index contributed by atoms with van der Waals surface area (Å²) in [5.74, 6) is -0.265. The van der Waals surface area contributed by atoms with Crippen LogP contribution < -0.4 is 16.4 Å². The van der Waals surface area contributed by atoms with E-state index in [9.17, 15) is 9.59 Å². The van der Waals surface area contributed by atoms with Crippen LogP contribution in [-0.4, -0.2) is 25.2 Å². The highest BCUT2D eigenvalue weighted by Gasteiger charge is 2.07. The number of ether oxygens (including phenoxy) is 1. The molecule has 0 aromatic heterocycles.